The molecule has 0 spiro atoms. The second-order valence-corrected chi connectivity index (χ2v) is 7.01. The summed E-state index contributed by atoms with van der Waals surface area (Å²) in [6.45, 7) is 5.21. The Morgan fingerprint density at radius 1 is 1.42 bits per heavy atom. The average molecular weight is 332 g/mol. The van der Waals surface area contributed by atoms with Gasteiger partial charge in [-0.05, 0) is 39.7 Å². The summed E-state index contributed by atoms with van der Waals surface area (Å²) in [5.74, 6) is 0.160. The smallest absolute Gasteiger partial charge is 0.287 e. The molecule has 0 radical (unpaired) electrons. The quantitative estimate of drug-likeness (QED) is 0.896. The number of carbonyl (C=O) groups is 1. The van der Waals surface area contributed by atoms with Gasteiger partial charge in [0.05, 0.1) is 24.5 Å². The van der Waals surface area contributed by atoms with Gasteiger partial charge in [0.15, 0.2) is 5.76 Å². The summed E-state index contributed by atoms with van der Waals surface area (Å²) < 4.78 is 7.05. The van der Waals surface area contributed by atoms with Crippen LogP contribution in [0.2, 0.25) is 0 Å². The molecule has 0 saturated heterocycles. The molecule has 0 aromatic carbocycles. The lowest BCUT2D eigenvalue weighted by Gasteiger charge is -2.31. The molecule has 130 valence electrons. The minimum Gasteiger partial charge on any atom is -0.459 e. The molecule has 1 fully saturated rings. The fourth-order valence-corrected chi connectivity index (χ4v) is 3.15. The Bertz CT molecular complexity index is 713. The molecular formula is C17H24N4O3. The summed E-state index contributed by atoms with van der Waals surface area (Å²) in [6.07, 6.45) is 7.23. The minimum atomic E-state index is -1.03. The van der Waals surface area contributed by atoms with E-state index in [0.29, 0.717) is 11.5 Å². The molecule has 2 aromatic rings. The Kier molecular flexibility index (Phi) is 4.45. The number of amides is 1. The molecule has 1 aliphatic rings. The first-order chi connectivity index (χ1) is 11.4. The van der Waals surface area contributed by atoms with Gasteiger partial charge in [0.2, 0.25) is 0 Å². The zero-order valence-corrected chi connectivity index (χ0v) is 14.3. The number of nitrogens with zero attached hydrogens (tertiary/aromatic N) is 3. The van der Waals surface area contributed by atoms with Crippen molar-refractivity contribution in [3.63, 3.8) is 0 Å². The first-order valence-corrected chi connectivity index (χ1v) is 8.36. The summed E-state index contributed by atoms with van der Waals surface area (Å²) in [7, 11) is 0. The third kappa shape index (κ3) is 3.36. The highest BCUT2D eigenvalue weighted by Gasteiger charge is 2.31. The maximum absolute atomic E-state index is 12.4. The molecule has 0 unspecified atom stereocenters. The van der Waals surface area contributed by atoms with Gasteiger partial charge in [-0.2, -0.15) is 0 Å². The highest BCUT2D eigenvalue weighted by atomic mass is 16.3. The van der Waals surface area contributed by atoms with Crippen molar-refractivity contribution in [1.82, 2.24) is 20.3 Å². The van der Waals surface area contributed by atoms with Crippen molar-refractivity contribution in [3.05, 3.63) is 35.5 Å². The Hall–Kier alpha value is -2.15. The summed E-state index contributed by atoms with van der Waals surface area (Å²) in [4.78, 5) is 12.4. The summed E-state index contributed by atoms with van der Waals surface area (Å²) in [5.41, 5.74) is 0.321. The van der Waals surface area contributed by atoms with Crippen LogP contribution in [0.3, 0.4) is 0 Å². The van der Waals surface area contributed by atoms with Crippen LogP contribution >= 0.6 is 0 Å². The maximum Gasteiger partial charge on any atom is 0.287 e. The van der Waals surface area contributed by atoms with E-state index in [2.05, 4.69) is 15.6 Å². The number of hydrogen-bond donors (Lipinski definition) is 2. The molecule has 0 aliphatic heterocycles. The molecule has 0 bridgehead atoms. The van der Waals surface area contributed by atoms with E-state index < -0.39 is 5.60 Å². The van der Waals surface area contributed by atoms with E-state index in [-0.39, 0.29) is 18.0 Å². The molecule has 2 N–H and O–H groups in total. The molecule has 1 amide bonds. The number of nitrogens with one attached hydrogen (secondary N) is 1. The van der Waals surface area contributed by atoms with E-state index in [9.17, 15) is 9.90 Å². The monoisotopic (exact) mass is 332 g/mol. The number of furan rings is 1. The van der Waals surface area contributed by atoms with E-state index in [1.165, 1.54) is 6.26 Å². The predicted octanol–water partition coefficient (Wildman–Crippen LogP) is 2.32. The normalized spacial score (nSPS) is 21.7. The number of aromatic nitrogens is 3. The highest BCUT2D eigenvalue weighted by Crippen LogP contribution is 2.29. The second kappa shape index (κ2) is 6.39. The van der Waals surface area contributed by atoms with E-state index in [1.54, 1.807) is 30.8 Å². The zero-order valence-electron chi connectivity index (χ0n) is 14.3. The standard InChI is InChI=1S/C17H24N4O3/c1-11-8-9-24-15(11)16(22)18-12-6-4-5-7-13(12)21-10-14(19-20-21)17(2,3)23/h8-10,12-13,23H,4-7H2,1-3H3,(H,18,22)/t12-,13+/m0/s1. The van der Waals surface area contributed by atoms with Gasteiger partial charge in [-0.25, -0.2) is 4.68 Å². The van der Waals surface area contributed by atoms with E-state index >= 15 is 0 Å². The fraction of sp³-hybridized carbons (Fsp3) is 0.588. The van der Waals surface area contributed by atoms with E-state index in [1.807, 2.05) is 6.92 Å². The van der Waals surface area contributed by atoms with Crippen LogP contribution in [-0.4, -0.2) is 32.0 Å². The van der Waals surface area contributed by atoms with Crippen LogP contribution in [0.1, 0.15) is 67.4 Å². The summed E-state index contributed by atoms with van der Waals surface area (Å²) >= 11 is 0. The molecule has 7 nitrogen and oxygen atoms in total. The molecule has 24 heavy (non-hydrogen) atoms. The molecule has 7 heteroatoms. The number of hydrogen-bond acceptors (Lipinski definition) is 5. The minimum absolute atomic E-state index is 0.0292. The third-order valence-corrected chi connectivity index (χ3v) is 4.59. The molecule has 2 atom stereocenters. The van der Waals surface area contributed by atoms with E-state index in [4.69, 9.17) is 4.42 Å². The van der Waals surface area contributed by atoms with Crippen molar-refractivity contribution >= 4 is 5.91 Å². The Balaban J connectivity index is 1.77. The second-order valence-electron chi connectivity index (χ2n) is 7.01. The SMILES string of the molecule is Cc1ccoc1C(=O)N[C@H]1CCCC[C@H]1n1cc(C(C)(C)O)nn1. The first kappa shape index (κ1) is 16.7. The van der Waals surface area contributed by atoms with Crippen LogP contribution in [0, 0.1) is 6.92 Å². The average Bonchev–Trinajstić information content (AvgIpc) is 3.16. The lowest BCUT2D eigenvalue weighted by Crippen LogP contribution is -2.43. The maximum atomic E-state index is 12.4. The first-order valence-electron chi connectivity index (χ1n) is 8.36. The number of aliphatic hydroxyl groups is 1. The van der Waals surface area contributed by atoms with Crippen LogP contribution in [0.25, 0.3) is 0 Å². The van der Waals surface area contributed by atoms with Gasteiger partial charge in [0.1, 0.15) is 11.3 Å². The van der Waals surface area contributed by atoms with Crippen LogP contribution in [0.4, 0.5) is 0 Å². The molecule has 2 heterocycles. The van der Waals surface area contributed by atoms with Gasteiger partial charge < -0.3 is 14.8 Å². The van der Waals surface area contributed by atoms with Gasteiger partial charge in [-0.15, -0.1) is 5.10 Å². The van der Waals surface area contributed by atoms with Gasteiger partial charge in [0, 0.05) is 5.56 Å². The Labute approximate surface area is 141 Å². The van der Waals surface area contributed by atoms with E-state index in [0.717, 1.165) is 31.2 Å². The fourth-order valence-electron chi connectivity index (χ4n) is 3.15. The number of rotatable bonds is 4. The molecule has 1 saturated carbocycles. The molecule has 1 aliphatic carbocycles. The van der Waals surface area contributed by atoms with Crippen molar-refractivity contribution in [1.29, 1.82) is 0 Å². The summed E-state index contributed by atoms with van der Waals surface area (Å²) in [6, 6.07) is 1.77. The largest absolute Gasteiger partial charge is 0.459 e. The number of carbonyl (C=O) groups excluding carboxylic acids is 1. The molecule has 3 rings (SSSR count). The van der Waals surface area contributed by atoms with Gasteiger partial charge >= 0.3 is 0 Å². The van der Waals surface area contributed by atoms with Crippen molar-refractivity contribution in [3.8, 4) is 0 Å². The zero-order chi connectivity index (χ0) is 17.3. The predicted molar refractivity (Wildman–Crippen MR) is 87.5 cm³/mol. The van der Waals surface area contributed by atoms with Crippen molar-refractivity contribution in [2.45, 2.75) is 64.1 Å². The van der Waals surface area contributed by atoms with Gasteiger partial charge in [-0.3, -0.25) is 4.79 Å². The van der Waals surface area contributed by atoms with Crippen LogP contribution in [0.5, 0.6) is 0 Å². The van der Waals surface area contributed by atoms with Crippen molar-refractivity contribution < 1.29 is 14.3 Å². The van der Waals surface area contributed by atoms with Gasteiger partial charge in [-0.1, -0.05) is 18.1 Å². The summed E-state index contributed by atoms with van der Waals surface area (Å²) in [5, 5.41) is 21.4. The van der Waals surface area contributed by atoms with Crippen LogP contribution in [-0.2, 0) is 5.60 Å². The third-order valence-electron chi connectivity index (χ3n) is 4.59. The highest BCUT2D eigenvalue weighted by molar-refractivity contribution is 5.93. The van der Waals surface area contributed by atoms with Crippen LogP contribution in [0.15, 0.2) is 22.9 Å². The number of aryl methyl sites for hydroxylation is 1. The van der Waals surface area contributed by atoms with Crippen molar-refractivity contribution in [2.75, 3.05) is 0 Å². The Morgan fingerprint density at radius 2 is 2.17 bits per heavy atom. The molecule has 2 aromatic heterocycles. The lowest BCUT2D eigenvalue weighted by molar-refractivity contribution is 0.0735. The van der Waals surface area contributed by atoms with Crippen LogP contribution < -0.4 is 5.32 Å². The van der Waals surface area contributed by atoms with Gasteiger partial charge in [0.25, 0.3) is 5.91 Å². The Morgan fingerprint density at radius 3 is 2.79 bits per heavy atom. The lowest BCUT2D eigenvalue weighted by atomic mass is 9.90. The molecular weight excluding hydrogens is 308 g/mol. The van der Waals surface area contributed by atoms with Crippen molar-refractivity contribution in [2.24, 2.45) is 0 Å². The topological polar surface area (TPSA) is 93.2 Å².